The first-order valence-electron chi connectivity index (χ1n) is 7.32. The van der Waals surface area contributed by atoms with Gasteiger partial charge in [0.05, 0.1) is 11.9 Å². The fraction of sp³-hybridized carbons (Fsp3) is 0.105. The number of pyridine rings is 1. The smallest absolute Gasteiger partial charge is 0.223 e. The molecule has 0 fully saturated rings. The topological polar surface area (TPSA) is 62.5 Å². The summed E-state index contributed by atoms with van der Waals surface area (Å²) in [6.45, 7) is 1.94. The van der Waals surface area contributed by atoms with Crippen molar-refractivity contribution in [1.82, 2.24) is 4.57 Å². The Balaban J connectivity index is 2.18. The highest BCUT2D eigenvalue weighted by molar-refractivity contribution is 5.40. The van der Waals surface area contributed by atoms with Crippen LogP contribution in [0.15, 0.2) is 71.7 Å². The van der Waals surface area contributed by atoms with Gasteiger partial charge in [0.15, 0.2) is 5.75 Å². The average Bonchev–Trinajstić information content (AvgIpc) is 2.57. The Morgan fingerprint density at radius 2 is 1.74 bits per heavy atom. The number of aliphatic hydroxyl groups is 1. The quantitative estimate of drug-likeness (QED) is 0.782. The molecule has 0 aliphatic carbocycles. The largest absolute Gasteiger partial charge is 0.503 e. The predicted molar refractivity (Wildman–Crippen MR) is 88.9 cm³/mol. The van der Waals surface area contributed by atoms with Gasteiger partial charge in [0.25, 0.3) is 0 Å². The summed E-state index contributed by atoms with van der Waals surface area (Å²) in [6, 6.07) is 18.0. The van der Waals surface area contributed by atoms with Gasteiger partial charge in [0.1, 0.15) is 6.10 Å². The summed E-state index contributed by atoms with van der Waals surface area (Å²) in [6.07, 6.45) is 0.370. The Morgan fingerprint density at radius 1 is 1.00 bits per heavy atom. The number of aryl methyl sites for hydroxylation is 1. The first kappa shape index (κ1) is 15.1. The van der Waals surface area contributed by atoms with Gasteiger partial charge in [-0.2, -0.15) is 0 Å². The number of para-hydroxylation sites is 1. The van der Waals surface area contributed by atoms with Crippen molar-refractivity contribution in [2.24, 2.45) is 0 Å². The molecule has 3 aromatic rings. The van der Waals surface area contributed by atoms with E-state index in [0.29, 0.717) is 11.3 Å². The molecule has 0 radical (unpaired) electrons. The van der Waals surface area contributed by atoms with Crippen LogP contribution in [0.3, 0.4) is 0 Å². The third kappa shape index (κ3) is 3.03. The van der Waals surface area contributed by atoms with Crippen LogP contribution in [-0.2, 0) is 0 Å². The molecule has 23 heavy (non-hydrogen) atoms. The lowest BCUT2D eigenvalue weighted by molar-refractivity contribution is 0.212. The second-order valence-corrected chi connectivity index (χ2v) is 5.47. The minimum Gasteiger partial charge on any atom is -0.503 e. The van der Waals surface area contributed by atoms with E-state index in [1.807, 2.05) is 61.5 Å². The molecular formula is C19H17NO3. The molecule has 0 saturated carbocycles. The zero-order valence-electron chi connectivity index (χ0n) is 12.7. The van der Waals surface area contributed by atoms with E-state index in [0.717, 1.165) is 11.3 Å². The van der Waals surface area contributed by atoms with Crippen LogP contribution in [0.1, 0.15) is 22.9 Å². The first-order chi connectivity index (χ1) is 11.1. The molecule has 3 rings (SSSR count). The van der Waals surface area contributed by atoms with Crippen LogP contribution in [0, 0.1) is 6.92 Å². The summed E-state index contributed by atoms with van der Waals surface area (Å²) < 4.78 is 1.63. The number of aromatic hydroxyl groups is 1. The molecule has 0 amide bonds. The SMILES string of the molecule is Cc1cccc(C(O)c2cc(=O)c(O)cn2-c2ccccc2)c1. The van der Waals surface area contributed by atoms with Crippen molar-refractivity contribution in [3.8, 4) is 11.4 Å². The molecular weight excluding hydrogens is 290 g/mol. The van der Waals surface area contributed by atoms with Crippen LogP contribution >= 0.6 is 0 Å². The van der Waals surface area contributed by atoms with Crippen LogP contribution in [0.2, 0.25) is 0 Å². The monoisotopic (exact) mass is 307 g/mol. The molecule has 2 N–H and O–H groups in total. The highest BCUT2D eigenvalue weighted by Crippen LogP contribution is 2.25. The van der Waals surface area contributed by atoms with E-state index in [9.17, 15) is 15.0 Å². The molecule has 1 atom stereocenters. The maximum absolute atomic E-state index is 11.9. The van der Waals surface area contributed by atoms with Gasteiger partial charge in [0.2, 0.25) is 5.43 Å². The highest BCUT2D eigenvalue weighted by atomic mass is 16.3. The first-order valence-corrected chi connectivity index (χ1v) is 7.32. The summed E-state index contributed by atoms with van der Waals surface area (Å²) in [5.41, 5.74) is 2.36. The lowest BCUT2D eigenvalue weighted by Crippen LogP contribution is -2.15. The third-order valence-corrected chi connectivity index (χ3v) is 3.73. The van der Waals surface area contributed by atoms with Crippen molar-refractivity contribution >= 4 is 0 Å². The Hall–Kier alpha value is -2.85. The van der Waals surface area contributed by atoms with Gasteiger partial charge in [-0.1, -0.05) is 48.0 Å². The normalized spacial score (nSPS) is 12.1. The Kier molecular flexibility index (Phi) is 4.00. The molecule has 0 bridgehead atoms. The fourth-order valence-corrected chi connectivity index (χ4v) is 2.57. The van der Waals surface area contributed by atoms with E-state index in [1.54, 1.807) is 4.57 Å². The summed E-state index contributed by atoms with van der Waals surface area (Å²) in [5.74, 6) is -0.353. The van der Waals surface area contributed by atoms with Crippen molar-refractivity contribution in [3.05, 3.63) is 93.9 Å². The van der Waals surface area contributed by atoms with E-state index >= 15 is 0 Å². The standard InChI is InChI=1S/C19H17NO3/c1-13-6-5-7-14(10-13)19(23)16-11-17(21)18(22)12-20(16)15-8-3-2-4-9-15/h2-12,19,22-23H,1H3. The number of rotatable bonds is 3. The Labute approximate surface area is 133 Å². The number of benzene rings is 2. The third-order valence-electron chi connectivity index (χ3n) is 3.73. The fourth-order valence-electron chi connectivity index (χ4n) is 2.57. The van der Waals surface area contributed by atoms with Crippen molar-refractivity contribution in [1.29, 1.82) is 0 Å². The van der Waals surface area contributed by atoms with Gasteiger partial charge < -0.3 is 14.8 Å². The van der Waals surface area contributed by atoms with E-state index < -0.39 is 11.5 Å². The molecule has 0 spiro atoms. The van der Waals surface area contributed by atoms with E-state index in [2.05, 4.69) is 0 Å². The maximum Gasteiger partial charge on any atom is 0.223 e. The number of aromatic nitrogens is 1. The lowest BCUT2D eigenvalue weighted by Gasteiger charge is -2.19. The van der Waals surface area contributed by atoms with Crippen LogP contribution in [0.25, 0.3) is 5.69 Å². The molecule has 4 nitrogen and oxygen atoms in total. The van der Waals surface area contributed by atoms with Gasteiger partial charge in [-0.05, 0) is 24.6 Å². The average molecular weight is 307 g/mol. The van der Waals surface area contributed by atoms with Crippen LogP contribution in [0.4, 0.5) is 0 Å². The number of hydrogen-bond donors (Lipinski definition) is 2. The molecule has 116 valence electrons. The van der Waals surface area contributed by atoms with Crippen molar-refractivity contribution < 1.29 is 10.2 Å². The number of aliphatic hydroxyl groups excluding tert-OH is 1. The summed E-state index contributed by atoms with van der Waals surface area (Å²) in [5, 5.41) is 20.5. The molecule has 2 aromatic carbocycles. The highest BCUT2D eigenvalue weighted by Gasteiger charge is 2.17. The molecule has 1 unspecified atom stereocenters. The number of nitrogens with zero attached hydrogens (tertiary/aromatic N) is 1. The van der Waals surface area contributed by atoms with Gasteiger partial charge in [-0.3, -0.25) is 4.79 Å². The molecule has 1 heterocycles. The van der Waals surface area contributed by atoms with Crippen molar-refractivity contribution in [3.63, 3.8) is 0 Å². The summed E-state index contributed by atoms with van der Waals surface area (Å²) in [7, 11) is 0. The van der Waals surface area contributed by atoms with Crippen LogP contribution < -0.4 is 5.43 Å². The second-order valence-electron chi connectivity index (χ2n) is 5.47. The zero-order valence-corrected chi connectivity index (χ0v) is 12.7. The predicted octanol–water partition coefficient (Wildman–Crippen LogP) is 2.93. The van der Waals surface area contributed by atoms with Crippen molar-refractivity contribution in [2.75, 3.05) is 0 Å². The lowest BCUT2D eigenvalue weighted by atomic mass is 10.0. The van der Waals surface area contributed by atoms with Gasteiger partial charge >= 0.3 is 0 Å². The molecule has 4 heteroatoms. The van der Waals surface area contributed by atoms with Crippen LogP contribution in [-0.4, -0.2) is 14.8 Å². The minimum absolute atomic E-state index is 0.353. The summed E-state index contributed by atoms with van der Waals surface area (Å²) >= 11 is 0. The van der Waals surface area contributed by atoms with E-state index in [1.165, 1.54) is 12.3 Å². The Morgan fingerprint density at radius 3 is 2.43 bits per heavy atom. The molecule has 0 aliphatic rings. The molecule has 0 aliphatic heterocycles. The second kappa shape index (κ2) is 6.10. The van der Waals surface area contributed by atoms with Gasteiger partial charge in [0, 0.05) is 11.8 Å². The zero-order chi connectivity index (χ0) is 16.4. The van der Waals surface area contributed by atoms with Crippen molar-refractivity contribution in [2.45, 2.75) is 13.0 Å². The Bertz CT molecular complexity index is 885. The maximum atomic E-state index is 11.9. The summed E-state index contributed by atoms with van der Waals surface area (Å²) in [4.78, 5) is 11.9. The van der Waals surface area contributed by atoms with E-state index in [4.69, 9.17) is 0 Å². The molecule has 0 saturated heterocycles. The minimum atomic E-state index is -0.969. The molecule has 1 aromatic heterocycles. The number of hydrogen-bond acceptors (Lipinski definition) is 3. The van der Waals surface area contributed by atoms with Gasteiger partial charge in [-0.25, -0.2) is 0 Å². The van der Waals surface area contributed by atoms with Crippen LogP contribution in [0.5, 0.6) is 5.75 Å². The van der Waals surface area contributed by atoms with Gasteiger partial charge in [-0.15, -0.1) is 0 Å². The van der Waals surface area contributed by atoms with E-state index in [-0.39, 0.29) is 5.75 Å².